The Bertz CT molecular complexity index is 1210. The molecular weight excluding hydrogens is 434 g/mol. The van der Waals surface area contributed by atoms with E-state index in [0.29, 0.717) is 39.0 Å². The van der Waals surface area contributed by atoms with Crippen LogP contribution in [0.1, 0.15) is 56.0 Å². The first-order chi connectivity index (χ1) is 15.2. The van der Waals surface area contributed by atoms with Crippen LogP contribution in [0.4, 0.5) is 0 Å². The molecule has 0 saturated carbocycles. The summed E-state index contributed by atoms with van der Waals surface area (Å²) in [5.74, 6) is -1.03. The Balaban J connectivity index is 1.72. The number of fused-ring (bicyclic) bond motifs is 1. The average Bonchev–Trinajstić information content (AvgIpc) is 3.29. The molecule has 0 aliphatic rings. The lowest BCUT2D eigenvalue weighted by Crippen LogP contribution is -2.18. The number of rotatable bonds is 8. The molecule has 0 aromatic carbocycles. The van der Waals surface area contributed by atoms with Crippen molar-refractivity contribution < 1.29 is 23.9 Å². The summed E-state index contributed by atoms with van der Waals surface area (Å²) in [6.07, 6.45) is 1.82. The monoisotopic (exact) mass is 459 g/mol. The molecule has 0 unspecified atom stereocenters. The molecule has 1 N–H and O–H groups in total. The zero-order chi connectivity index (χ0) is 23.6. The lowest BCUT2D eigenvalue weighted by molar-refractivity contribution is -0.141. The van der Waals surface area contributed by atoms with E-state index < -0.39 is 24.3 Å². The number of nitrogens with one attached hydrogen (secondary N) is 1. The molecule has 11 heteroatoms. The maximum Gasteiger partial charge on any atom is 0.355 e. The summed E-state index contributed by atoms with van der Waals surface area (Å²) in [6.45, 7) is 8.45. The first kappa shape index (κ1) is 23.5. The highest BCUT2D eigenvalue weighted by Gasteiger charge is 2.24. The third-order valence-corrected chi connectivity index (χ3v) is 5.63. The summed E-state index contributed by atoms with van der Waals surface area (Å²) in [7, 11) is 0. The second-order valence-electron chi connectivity index (χ2n) is 7.18. The number of hydrogen-bond acceptors (Lipinski definition) is 9. The Morgan fingerprint density at radius 3 is 2.47 bits per heavy atom. The lowest BCUT2D eigenvalue weighted by atomic mass is 10.1. The van der Waals surface area contributed by atoms with Gasteiger partial charge in [0, 0.05) is 28.2 Å². The van der Waals surface area contributed by atoms with Crippen molar-refractivity contribution in [1.82, 2.24) is 24.6 Å². The number of esters is 2. The SMILES string of the molecule is CCOC(=O)c1[nH]c(C)c(C(=O)COC(=O)Cc2c(C)nc3nc(SC)nn3c2C)c1C. The fourth-order valence-corrected chi connectivity index (χ4v) is 3.86. The van der Waals surface area contributed by atoms with Crippen molar-refractivity contribution in [2.45, 2.75) is 46.2 Å². The molecule has 0 aliphatic carbocycles. The number of aromatic amines is 1. The maximum atomic E-state index is 12.7. The molecule has 3 aromatic heterocycles. The van der Waals surface area contributed by atoms with Gasteiger partial charge < -0.3 is 14.5 Å². The highest BCUT2D eigenvalue weighted by Crippen LogP contribution is 2.20. The molecule has 32 heavy (non-hydrogen) atoms. The third kappa shape index (κ3) is 4.52. The largest absolute Gasteiger partial charge is 0.461 e. The number of ether oxygens (including phenoxy) is 2. The van der Waals surface area contributed by atoms with E-state index in [9.17, 15) is 14.4 Å². The average molecular weight is 460 g/mol. The summed E-state index contributed by atoms with van der Waals surface area (Å²) in [6, 6.07) is 0. The van der Waals surface area contributed by atoms with Crippen molar-refractivity contribution >= 4 is 35.3 Å². The minimum Gasteiger partial charge on any atom is -0.461 e. The van der Waals surface area contributed by atoms with Gasteiger partial charge in [0.2, 0.25) is 10.9 Å². The van der Waals surface area contributed by atoms with E-state index in [-0.39, 0.29) is 18.7 Å². The maximum absolute atomic E-state index is 12.7. The molecule has 0 fully saturated rings. The molecular formula is C21H25N5O5S. The predicted molar refractivity (Wildman–Crippen MR) is 117 cm³/mol. The van der Waals surface area contributed by atoms with Crippen molar-refractivity contribution in [1.29, 1.82) is 0 Å². The second kappa shape index (κ2) is 9.51. The Hall–Kier alpha value is -3.21. The van der Waals surface area contributed by atoms with Crippen LogP contribution in [-0.4, -0.2) is 61.8 Å². The zero-order valence-electron chi connectivity index (χ0n) is 18.9. The molecule has 0 bridgehead atoms. The first-order valence-corrected chi connectivity index (χ1v) is 11.2. The van der Waals surface area contributed by atoms with Crippen molar-refractivity contribution in [3.63, 3.8) is 0 Å². The van der Waals surface area contributed by atoms with E-state index >= 15 is 0 Å². The van der Waals surface area contributed by atoms with Crippen LogP contribution >= 0.6 is 11.8 Å². The Morgan fingerprint density at radius 1 is 1.09 bits per heavy atom. The minimum absolute atomic E-state index is 0.0540. The molecule has 10 nitrogen and oxygen atoms in total. The van der Waals surface area contributed by atoms with Gasteiger partial charge >= 0.3 is 11.9 Å². The van der Waals surface area contributed by atoms with E-state index in [2.05, 4.69) is 20.1 Å². The molecule has 0 saturated heterocycles. The van der Waals surface area contributed by atoms with Crippen LogP contribution in [0.15, 0.2) is 5.16 Å². The van der Waals surface area contributed by atoms with E-state index in [1.807, 2.05) is 13.2 Å². The van der Waals surface area contributed by atoms with Crippen molar-refractivity contribution in [2.24, 2.45) is 0 Å². The van der Waals surface area contributed by atoms with Gasteiger partial charge in [-0.1, -0.05) is 11.8 Å². The van der Waals surface area contributed by atoms with Crippen LogP contribution in [0.5, 0.6) is 0 Å². The second-order valence-corrected chi connectivity index (χ2v) is 7.95. The Morgan fingerprint density at radius 2 is 1.81 bits per heavy atom. The highest BCUT2D eigenvalue weighted by atomic mass is 32.2. The molecule has 0 radical (unpaired) electrons. The number of nitrogens with zero attached hydrogens (tertiary/aromatic N) is 4. The molecule has 0 amide bonds. The Kier molecular flexibility index (Phi) is 6.97. The standard InChI is InChI=1S/C21H25N5O5S/c1-7-30-19(29)18-10(2)17(12(4)22-18)15(27)9-31-16(28)8-14-11(3)23-20-24-21(32-6)25-26(20)13(14)5/h22H,7-9H2,1-6H3. The summed E-state index contributed by atoms with van der Waals surface area (Å²) in [4.78, 5) is 48.8. The molecule has 0 atom stereocenters. The van der Waals surface area contributed by atoms with Gasteiger partial charge in [-0.25, -0.2) is 14.3 Å². The summed E-state index contributed by atoms with van der Waals surface area (Å²) in [5.41, 5.74) is 3.59. The number of ketones is 1. The van der Waals surface area contributed by atoms with Crippen LogP contribution in [0.25, 0.3) is 5.78 Å². The van der Waals surface area contributed by atoms with E-state index in [1.54, 1.807) is 32.2 Å². The molecule has 3 rings (SSSR count). The van der Waals surface area contributed by atoms with Crippen LogP contribution in [0, 0.1) is 27.7 Å². The molecule has 0 aliphatic heterocycles. The Labute approximate surface area is 189 Å². The van der Waals surface area contributed by atoms with Gasteiger partial charge in [-0.3, -0.25) is 9.59 Å². The zero-order valence-corrected chi connectivity index (χ0v) is 19.7. The van der Waals surface area contributed by atoms with Gasteiger partial charge in [-0.15, -0.1) is 5.10 Å². The van der Waals surface area contributed by atoms with Crippen molar-refractivity contribution in [3.05, 3.63) is 39.5 Å². The number of H-pyrrole nitrogens is 1. The molecule has 3 heterocycles. The fraction of sp³-hybridized carbons (Fsp3) is 0.429. The number of Topliss-reactive ketones (excluding diaryl/α,β-unsaturated/α-hetero) is 1. The molecule has 3 aromatic rings. The summed E-state index contributed by atoms with van der Waals surface area (Å²) < 4.78 is 11.8. The number of aromatic nitrogens is 5. The van der Waals surface area contributed by atoms with Gasteiger partial charge in [-0.2, -0.15) is 4.98 Å². The van der Waals surface area contributed by atoms with Crippen LogP contribution in [-0.2, 0) is 20.7 Å². The van der Waals surface area contributed by atoms with Gasteiger partial charge in [0.25, 0.3) is 5.78 Å². The number of hydrogen-bond donors (Lipinski definition) is 1. The van der Waals surface area contributed by atoms with Crippen LogP contribution < -0.4 is 0 Å². The number of thioether (sulfide) groups is 1. The van der Waals surface area contributed by atoms with Crippen LogP contribution in [0.3, 0.4) is 0 Å². The van der Waals surface area contributed by atoms with Gasteiger partial charge in [0.05, 0.1) is 13.0 Å². The molecule has 170 valence electrons. The molecule has 0 spiro atoms. The van der Waals surface area contributed by atoms with Crippen LogP contribution in [0.2, 0.25) is 0 Å². The fourth-order valence-electron chi connectivity index (χ4n) is 3.52. The number of carbonyl (C=O) groups excluding carboxylic acids is 3. The van der Waals surface area contributed by atoms with Gasteiger partial charge in [-0.05, 0) is 46.4 Å². The van der Waals surface area contributed by atoms with Crippen molar-refractivity contribution in [2.75, 3.05) is 19.5 Å². The van der Waals surface area contributed by atoms with Gasteiger partial charge in [0.15, 0.2) is 6.61 Å². The lowest BCUT2D eigenvalue weighted by Gasteiger charge is -2.10. The third-order valence-electron chi connectivity index (χ3n) is 5.09. The first-order valence-electron chi connectivity index (χ1n) is 9.99. The topological polar surface area (TPSA) is 129 Å². The smallest absolute Gasteiger partial charge is 0.355 e. The number of aryl methyl sites for hydroxylation is 3. The summed E-state index contributed by atoms with van der Waals surface area (Å²) >= 11 is 1.40. The quantitative estimate of drug-likeness (QED) is 0.307. The summed E-state index contributed by atoms with van der Waals surface area (Å²) in [5, 5.41) is 4.95. The van der Waals surface area contributed by atoms with Crippen molar-refractivity contribution in [3.8, 4) is 0 Å². The minimum atomic E-state index is -0.563. The highest BCUT2D eigenvalue weighted by molar-refractivity contribution is 7.98. The number of carbonyl (C=O) groups is 3. The van der Waals surface area contributed by atoms with E-state index in [4.69, 9.17) is 9.47 Å². The van der Waals surface area contributed by atoms with E-state index in [1.165, 1.54) is 11.8 Å². The van der Waals surface area contributed by atoms with E-state index in [0.717, 1.165) is 5.69 Å². The predicted octanol–water partition coefficient (Wildman–Crippen LogP) is 2.55. The van der Waals surface area contributed by atoms with Gasteiger partial charge in [0.1, 0.15) is 5.69 Å². The normalized spacial score (nSPS) is 11.1.